The Hall–Kier alpha value is -1.74. The molecule has 0 aliphatic carbocycles. The number of aryl methyl sites for hydroxylation is 1. The van der Waals surface area contributed by atoms with E-state index in [-0.39, 0.29) is 0 Å². The molecule has 0 aliphatic rings. The highest BCUT2D eigenvalue weighted by Crippen LogP contribution is 1.98. The van der Waals surface area contributed by atoms with Crippen molar-refractivity contribution in [1.82, 2.24) is 15.3 Å². The van der Waals surface area contributed by atoms with Crippen LogP contribution in [0.5, 0.6) is 0 Å². The Balaban J connectivity index is 1.73. The maximum atomic E-state index is 4.44. The monoisotopic (exact) mass is 227 g/mol. The smallest absolute Gasteiger partial charge is 0.0544 e. The van der Waals surface area contributed by atoms with Gasteiger partial charge in [0, 0.05) is 37.1 Å². The molecule has 0 spiro atoms. The number of aromatic nitrogens is 2. The van der Waals surface area contributed by atoms with Crippen molar-refractivity contribution < 1.29 is 0 Å². The van der Waals surface area contributed by atoms with Crippen molar-refractivity contribution in [1.29, 1.82) is 0 Å². The van der Waals surface area contributed by atoms with E-state index in [0.29, 0.717) is 0 Å². The van der Waals surface area contributed by atoms with Gasteiger partial charge in [0.15, 0.2) is 0 Å². The van der Waals surface area contributed by atoms with Crippen molar-refractivity contribution in [2.24, 2.45) is 0 Å². The van der Waals surface area contributed by atoms with Crippen molar-refractivity contribution >= 4 is 0 Å². The fraction of sp³-hybridized carbons (Fsp3) is 0.286. The third-order valence-electron chi connectivity index (χ3n) is 2.54. The molecular formula is C14H17N3. The fourth-order valence-corrected chi connectivity index (χ4v) is 1.68. The van der Waals surface area contributed by atoms with Crippen molar-refractivity contribution in [2.45, 2.75) is 19.9 Å². The van der Waals surface area contributed by atoms with Crippen LogP contribution in [0.15, 0.2) is 42.6 Å². The molecule has 2 aromatic rings. The van der Waals surface area contributed by atoms with Gasteiger partial charge in [0.05, 0.1) is 5.69 Å². The van der Waals surface area contributed by atoms with E-state index in [1.807, 2.05) is 49.5 Å². The zero-order valence-corrected chi connectivity index (χ0v) is 10.1. The summed E-state index contributed by atoms with van der Waals surface area (Å²) < 4.78 is 0. The molecule has 17 heavy (non-hydrogen) atoms. The van der Waals surface area contributed by atoms with Crippen LogP contribution in [-0.2, 0) is 13.0 Å². The van der Waals surface area contributed by atoms with Crippen molar-refractivity contribution in [3.05, 3.63) is 59.7 Å². The minimum Gasteiger partial charge on any atom is -0.311 e. The molecule has 0 unspecified atom stereocenters. The zero-order valence-electron chi connectivity index (χ0n) is 10.1. The summed E-state index contributed by atoms with van der Waals surface area (Å²) in [4.78, 5) is 8.72. The van der Waals surface area contributed by atoms with Crippen LogP contribution in [0.2, 0.25) is 0 Å². The molecule has 0 bridgehead atoms. The lowest BCUT2D eigenvalue weighted by Crippen LogP contribution is -2.17. The Bertz CT molecular complexity index is 454. The molecule has 0 atom stereocenters. The summed E-state index contributed by atoms with van der Waals surface area (Å²) in [6, 6.07) is 12.1. The minimum absolute atomic E-state index is 0.814. The van der Waals surface area contributed by atoms with Crippen LogP contribution in [0.4, 0.5) is 0 Å². The van der Waals surface area contributed by atoms with Crippen molar-refractivity contribution in [2.75, 3.05) is 6.54 Å². The lowest BCUT2D eigenvalue weighted by atomic mass is 10.2. The SMILES string of the molecule is Cc1cccc(CNCCc2ccccn2)n1. The number of pyridine rings is 2. The molecule has 2 heterocycles. The third kappa shape index (κ3) is 3.96. The van der Waals surface area contributed by atoms with E-state index in [0.717, 1.165) is 36.6 Å². The highest BCUT2D eigenvalue weighted by atomic mass is 14.9. The predicted molar refractivity (Wildman–Crippen MR) is 68.6 cm³/mol. The summed E-state index contributed by atoms with van der Waals surface area (Å²) in [5, 5.41) is 3.37. The van der Waals surface area contributed by atoms with Crippen molar-refractivity contribution in [3.8, 4) is 0 Å². The standard InChI is InChI=1S/C14H17N3/c1-12-5-4-7-14(17-12)11-15-10-8-13-6-2-3-9-16-13/h2-7,9,15H,8,10-11H2,1H3. The quantitative estimate of drug-likeness (QED) is 0.795. The van der Waals surface area contributed by atoms with E-state index in [1.54, 1.807) is 0 Å². The van der Waals surface area contributed by atoms with Crippen LogP contribution in [0.1, 0.15) is 17.1 Å². The second-order valence-electron chi connectivity index (χ2n) is 4.02. The van der Waals surface area contributed by atoms with Gasteiger partial charge in [-0.3, -0.25) is 9.97 Å². The summed E-state index contributed by atoms with van der Waals surface area (Å²) in [5.74, 6) is 0. The van der Waals surface area contributed by atoms with E-state index in [2.05, 4.69) is 15.3 Å². The minimum atomic E-state index is 0.814. The Morgan fingerprint density at radius 2 is 1.94 bits per heavy atom. The largest absolute Gasteiger partial charge is 0.311 e. The van der Waals surface area contributed by atoms with Gasteiger partial charge in [0.2, 0.25) is 0 Å². The lowest BCUT2D eigenvalue weighted by molar-refractivity contribution is 0.667. The molecule has 0 amide bonds. The molecular weight excluding hydrogens is 210 g/mol. The molecule has 0 saturated carbocycles. The van der Waals surface area contributed by atoms with Crippen LogP contribution >= 0.6 is 0 Å². The van der Waals surface area contributed by atoms with E-state index in [4.69, 9.17) is 0 Å². The van der Waals surface area contributed by atoms with Gasteiger partial charge in [-0.05, 0) is 31.2 Å². The fourth-order valence-electron chi connectivity index (χ4n) is 1.68. The first-order valence-corrected chi connectivity index (χ1v) is 5.88. The lowest BCUT2D eigenvalue weighted by Gasteiger charge is -2.04. The van der Waals surface area contributed by atoms with Crippen LogP contribution in [-0.4, -0.2) is 16.5 Å². The van der Waals surface area contributed by atoms with E-state index < -0.39 is 0 Å². The molecule has 3 nitrogen and oxygen atoms in total. The molecule has 2 rings (SSSR count). The first kappa shape index (κ1) is 11.7. The van der Waals surface area contributed by atoms with Crippen LogP contribution in [0, 0.1) is 6.92 Å². The maximum Gasteiger partial charge on any atom is 0.0544 e. The highest BCUT2D eigenvalue weighted by Gasteiger charge is 1.95. The third-order valence-corrected chi connectivity index (χ3v) is 2.54. The van der Waals surface area contributed by atoms with Crippen LogP contribution in [0.25, 0.3) is 0 Å². The topological polar surface area (TPSA) is 37.8 Å². The Morgan fingerprint density at radius 1 is 1.06 bits per heavy atom. The Labute approximate surface area is 102 Å². The van der Waals surface area contributed by atoms with Gasteiger partial charge in [-0.2, -0.15) is 0 Å². The van der Waals surface area contributed by atoms with Gasteiger partial charge in [0.1, 0.15) is 0 Å². The van der Waals surface area contributed by atoms with Crippen LogP contribution in [0.3, 0.4) is 0 Å². The molecule has 0 aliphatic heterocycles. The summed E-state index contributed by atoms with van der Waals surface area (Å²) in [5.41, 5.74) is 3.28. The van der Waals surface area contributed by atoms with Gasteiger partial charge >= 0.3 is 0 Å². The number of nitrogens with one attached hydrogen (secondary N) is 1. The van der Waals surface area contributed by atoms with Gasteiger partial charge in [-0.15, -0.1) is 0 Å². The highest BCUT2D eigenvalue weighted by molar-refractivity contribution is 5.09. The first-order chi connectivity index (χ1) is 8.34. The maximum absolute atomic E-state index is 4.44. The van der Waals surface area contributed by atoms with Gasteiger partial charge < -0.3 is 5.32 Å². The molecule has 3 heteroatoms. The Kier molecular flexibility index (Phi) is 4.22. The van der Waals surface area contributed by atoms with E-state index in [9.17, 15) is 0 Å². The molecule has 1 N–H and O–H groups in total. The van der Waals surface area contributed by atoms with E-state index in [1.165, 1.54) is 0 Å². The summed E-state index contributed by atoms with van der Waals surface area (Å²) in [6.07, 6.45) is 2.78. The molecule has 0 radical (unpaired) electrons. The van der Waals surface area contributed by atoms with Gasteiger partial charge in [-0.25, -0.2) is 0 Å². The number of hydrogen-bond donors (Lipinski definition) is 1. The molecule has 0 saturated heterocycles. The molecule has 0 aromatic carbocycles. The molecule has 2 aromatic heterocycles. The summed E-state index contributed by atoms with van der Waals surface area (Å²) in [6.45, 7) is 3.75. The predicted octanol–water partition coefficient (Wildman–Crippen LogP) is 2.12. The normalized spacial score (nSPS) is 10.4. The second kappa shape index (κ2) is 6.11. The number of nitrogens with zero attached hydrogens (tertiary/aromatic N) is 2. The van der Waals surface area contributed by atoms with Crippen LogP contribution < -0.4 is 5.32 Å². The molecule has 0 fully saturated rings. The zero-order chi connectivity index (χ0) is 11.9. The summed E-state index contributed by atoms with van der Waals surface area (Å²) in [7, 11) is 0. The van der Waals surface area contributed by atoms with Gasteiger partial charge in [-0.1, -0.05) is 12.1 Å². The first-order valence-electron chi connectivity index (χ1n) is 5.88. The Morgan fingerprint density at radius 3 is 2.71 bits per heavy atom. The number of rotatable bonds is 5. The average Bonchev–Trinajstić information content (AvgIpc) is 2.36. The second-order valence-corrected chi connectivity index (χ2v) is 4.02. The average molecular weight is 227 g/mol. The summed E-state index contributed by atoms with van der Waals surface area (Å²) >= 11 is 0. The van der Waals surface area contributed by atoms with Crippen molar-refractivity contribution in [3.63, 3.8) is 0 Å². The number of hydrogen-bond acceptors (Lipinski definition) is 3. The van der Waals surface area contributed by atoms with E-state index >= 15 is 0 Å². The van der Waals surface area contributed by atoms with Gasteiger partial charge in [0.25, 0.3) is 0 Å². The molecule has 88 valence electrons.